The number of carbonyl (C=O) groups is 1. The third-order valence-electron chi connectivity index (χ3n) is 4.15. The first-order valence-corrected chi connectivity index (χ1v) is 10.0. The van der Waals surface area contributed by atoms with Crippen molar-refractivity contribution in [1.82, 2.24) is 15.5 Å². The van der Waals surface area contributed by atoms with E-state index in [0.717, 1.165) is 11.3 Å². The fourth-order valence-corrected chi connectivity index (χ4v) is 2.58. The number of amides is 1. The van der Waals surface area contributed by atoms with Gasteiger partial charge in [-0.05, 0) is 48.9 Å². The summed E-state index contributed by atoms with van der Waals surface area (Å²) in [6.45, 7) is 3.13. The average Bonchev–Trinajstić information content (AvgIpc) is 2.74. The van der Waals surface area contributed by atoms with Crippen LogP contribution < -0.4 is 20.1 Å². The lowest BCUT2D eigenvalue weighted by Crippen LogP contribution is -2.41. The standard InChI is InChI=1S/C22H29ClN4O3/c1-16(30-19-10-8-18(23)9-11-19)13-25-22(24-2)26-14-17-6-5-7-20(12-17)29-15-21(28)27(3)4/h5-12,16H,13-15H2,1-4H3,(H2,24,25,26). The third-order valence-corrected chi connectivity index (χ3v) is 4.40. The Labute approximate surface area is 183 Å². The Morgan fingerprint density at radius 1 is 1.13 bits per heavy atom. The quantitative estimate of drug-likeness (QED) is 0.470. The van der Waals surface area contributed by atoms with Crippen LogP contribution in [0.5, 0.6) is 11.5 Å². The van der Waals surface area contributed by atoms with Crippen molar-refractivity contribution in [2.24, 2.45) is 4.99 Å². The molecule has 162 valence electrons. The number of ether oxygens (including phenoxy) is 2. The fraction of sp³-hybridized carbons (Fsp3) is 0.364. The maximum absolute atomic E-state index is 11.7. The largest absolute Gasteiger partial charge is 0.489 e. The van der Waals surface area contributed by atoms with Crippen LogP contribution in [0.2, 0.25) is 5.02 Å². The first-order valence-electron chi connectivity index (χ1n) is 9.66. The lowest BCUT2D eigenvalue weighted by Gasteiger charge is -2.18. The molecule has 7 nitrogen and oxygen atoms in total. The Hall–Kier alpha value is -2.93. The summed E-state index contributed by atoms with van der Waals surface area (Å²) >= 11 is 5.89. The van der Waals surface area contributed by atoms with Gasteiger partial charge in [0.25, 0.3) is 5.91 Å². The van der Waals surface area contributed by atoms with Gasteiger partial charge in [-0.25, -0.2) is 0 Å². The number of benzene rings is 2. The topological polar surface area (TPSA) is 75.2 Å². The van der Waals surface area contributed by atoms with Gasteiger partial charge < -0.3 is 25.0 Å². The molecule has 0 aliphatic rings. The molecule has 0 aliphatic carbocycles. The van der Waals surface area contributed by atoms with E-state index < -0.39 is 0 Å². The van der Waals surface area contributed by atoms with Crippen molar-refractivity contribution in [1.29, 1.82) is 0 Å². The number of hydrogen-bond donors (Lipinski definition) is 2. The maximum atomic E-state index is 11.7. The minimum atomic E-state index is -0.0851. The van der Waals surface area contributed by atoms with Crippen LogP contribution in [0, 0.1) is 0 Å². The molecule has 0 bridgehead atoms. The van der Waals surface area contributed by atoms with E-state index in [1.807, 2.05) is 43.3 Å². The van der Waals surface area contributed by atoms with Crippen molar-refractivity contribution < 1.29 is 14.3 Å². The predicted molar refractivity (Wildman–Crippen MR) is 120 cm³/mol. The third kappa shape index (κ3) is 8.21. The molecule has 1 amide bonds. The highest BCUT2D eigenvalue weighted by Gasteiger charge is 2.07. The van der Waals surface area contributed by atoms with Crippen LogP contribution in [0.25, 0.3) is 0 Å². The summed E-state index contributed by atoms with van der Waals surface area (Å²) in [5.74, 6) is 1.99. The summed E-state index contributed by atoms with van der Waals surface area (Å²) in [5, 5.41) is 7.18. The molecule has 1 atom stereocenters. The lowest BCUT2D eigenvalue weighted by atomic mass is 10.2. The summed E-state index contributed by atoms with van der Waals surface area (Å²) in [6.07, 6.45) is -0.0595. The second-order valence-corrected chi connectivity index (χ2v) is 7.35. The number of halogens is 1. The molecule has 0 fully saturated rings. The molecule has 0 aromatic heterocycles. The number of hydrogen-bond acceptors (Lipinski definition) is 4. The molecule has 1 unspecified atom stereocenters. The van der Waals surface area contributed by atoms with E-state index in [1.165, 1.54) is 4.90 Å². The molecule has 8 heteroatoms. The van der Waals surface area contributed by atoms with Gasteiger partial charge >= 0.3 is 0 Å². The molecule has 0 spiro atoms. The minimum Gasteiger partial charge on any atom is -0.489 e. The van der Waals surface area contributed by atoms with E-state index in [9.17, 15) is 4.79 Å². The minimum absolute atomic E-state index is 0.0125. The zero-order valence-electron chi connectivity index (χ0n) is 17.8. The average molecular weight is 433 g/mol. The second-order valence-electron chi connectivity index (χ2n) is 6.91. The van der Waals surface area contributed by atoms with Crippen molar-refractivity contribution in [2.75, 3.05) is 34.3 Å². The van der Waals surface area contributed by atoms with E-state index in [1.54, 1.807) is 33.3 Å². The summed E-state index contributed by atoms with van der Waals surface area (Å²) in [4.78, 5) is 17.4. The summed E-state index contributed by atoms with van der Waals surface area (Å²) in [6, 6.07) is 14.9. The Morgan fingerprint density at radius 3 is 2.53 bits per heavy atom. The number of likely N-dealkylation sites (N-methyl/N-ethyl adjacent to an activating group) is 1. The van der Waals surface area contributed by atoms with Gasteiger partial charge in [-0.3, -0.25) is 9.79 Å². The molecule has 2 aromatic carbocycles. The van der Waals surface area contributed by atoms with Crippen LogP contribution in [0.3, 0.4) is 0 Å². The monoisotopic (exact) mass is 432 g/mol. The lowest BCUT2D eigenvalue weighted by molar-refractivity contribution is -0.130. The molecule has 0 heterocycles. The molecular formula is C22H29ClN4O3. The number of carbonyl (C=O) groups excluding carboxylic acids is 1. The molecular weight excluding hydrogens is 404 g/mol. The zero-order valence-corrected chi connectivity index (χ0v) is 18.6. The normalized spacial score (nSPS) is 12.1. The Kier molecular flexibility index (Phi) is 9.28. The van der Waals surface area contributed by atoms with Gasteiger partial charge in [0, 0.05) is 32.7 Å². The van der Waals surface area contributed by atoms with E-state index in [-0.39, 0.29) is 18.6 Å². The van der Waals surface area contributed by atoms with Crippen LogP contribution >= 0.6 is 11.6 Å². The van der Waals surface area contributed by atoms with E-state index in [0.29, 0.717) is 29.8 Å². The van der Waals surface area contributed by atoms with Crippen molar-refractivity contribution in [2.45, 2.75) is 19.6 Å². The van der Waals surface area contributed by atoms with Gasteiger partial charge in [0.2, 0.25) is 0 Å². The van der Waals surface area contributed by atoms with Crippen molar-refractivity contribution in [3.63, 3.8) is 0 Å². The molecule has 0 saturated carbocycles. The summed E-state index contributed by atoms with van der Waals surface area (Å²) < 4.78 is 11.4. The molecule has 2 rings (SSSR count). The first kappa shape index (κ1) is 23.3. The highest BCUT2D eigenvalue weighted by atomic mass is 35.5. The molecule has 2 aromatic rings. The van der Waals surface area contributed by atoms with Crippen molar-refractivity contribution in [3.8, 4) is 11.5 Å². The predicted octanol–water partition coefficient (Wildman–Crippen LogP) is 2.94. The molecule has 30 heavy (non-hydrogen) atoms. The van der Waals surface area contributed by atoms with Crippen LogP contribution in [0.15, 0.2) is 53.5 Å². The summed E-state index contributed by atoms with van der Waals surface area (Å²) in [5.41, 5.74) is 1.01. The van der Waals surface area contributed by atoms with E-state index in [2.05, 4.69) is 15.6 Å². The number of nitrogens with zero attached hydrogens (tertiary/aromatic N) is 2. The molecule has 0 radical (unpaired) electrons. The van der Waals surface area contributed by atoms with Crippen molar-refractivity contribution in [3.05, 3.63) is 59.1 Å². The second kappa shape index (κ2) is 11.9. The molecule has 0 saturated heterocycles. The number of nitrogens with one attached hydrogen (secondary N) is 2. The highest BCUT2D eigenvalue weighted by Crippen LogP contribution is 2.16. The number of guanidine groups is 1. The number of aliphatic imine (C=N–C) groups is 1. The van der Waals surface area contributed by atoms with Crippen LogP contribution in [-0.2, 0) is 11.3 Å². The van der Waals surface area contributed by atoms with Gasteiger partial charge in [-0.1, -0.05) is 23.7 Å². The number of rotatable bonds is 9. The smallest absolute Gasteiger partial charge is 0.259 e. The fourth-order valence-electron chi connectivity index (χ4n) is 2.45. The van der Waals surface area contributed by atoms with Crippen LogP contribution in [-0.4, -0.2) is 57.2 Å². The molecule has 0 aliphatic heterocycles. The Balaban J connectivity index is 1.78. The Morgan fingerprint density at radius 2 is 1.87 bits per heavy atom. The molecule has 2 N–H and O–H groups in total. The van der Waals surface area contributed by atoms with Gasteiger partial charge in [0.15, 0.2) is 12.6 Å². The zero-order chi connectivity index (χ0) is 21.9. The Bertz CT molecular complexity index is 841. The summed E-state index contributed by atoms with van der Waals surface area (Å²) in [7, 11) is 5.12. The van der Waals surface area contributed by atoms with Crippen LogP contribution in [0.4, 0.5) is 0 Å². The van der Waals surface area contributed by atoms with Gasteiger partial charge in [0.05, 0.1) is 6.54 Å². The van der Waals surface area contributed by atoms with Gasteiger partial charge in [0.1, 0.15) is 17.6 Å². The highest BCUT2D eigenvalue weighted by molar-refractivity contribution is 6.30. The van der Waals surface area contributed by atoms with Gasteiger partial charge in [-0.2, -0.15) is 0 Å². The SMILES string of the molecule is CN=C(NCc1cccc(OCC(=O)N(C)C)c1)NCC(C)Oc1ccc(Cl)cc1. The van der Waals surface area contributed by atoms with Crippen LogP contribution in [0.1, 0.15) is 12.5 Å². The van der Waals surface area contributed by atoms with Crippen molar-refractivity contribution >= 4 is 23.5 Å². The maximum Gasteiger partial charge on any atom is 0.259 e. The van der Waals surface area contributed by atoms with E-state index in [4.69, 9.17) is 21.1 Å². The van der Waals surface area contributed by atoms with Gasteiger partial charge in [-0.15, -0.1) is 0 Å². The van der Waals surface area contributed by atoms with E-state index >= 15 is 0 Å². The first-order chi connectivity index (χ1) is 14.4.